The Hall–Kier alpha value is -0.180. The maximum Gasteiger partial charge on any atom is 0.251 e. The Labute approximate surface area is 59.8 Å². The molecule has 3 heteroatoms. The molecule has 1 N–H and O–H groups in total. The molecule has 0 radical (unpaired) electrons. The van der Waals surface area contributed by atoms with Crippen LogP contribution in [0.25, 0.3) is 0 Å². The summed E-state index contributed by atoms with van der Waals surface area (Å²) in [5, 5.41) is 3.05. The average molecular weight is 149 g/mol. The Morgan fingerprint density at radius 2 is 1.60 bits per heavy atom. The fourth-order valence-electron chi connectivity index (χ4n) is 1.58. The fourth-order valence-corrected chi connectivity index (χ4v) is 1.58. The Kier molecular flexibility index (Phi) is 1.95. The summed E-state index contributed by atoms with van der Waals surface area (Å²) in [5.41, 5.74) is 0. The van der Waals surface area contributed by atoms with Crippen molar-refractivity contribution in [1.29, 1.82) is 0 Å². The van der Waals surface area contributed by atoms with E-state index in [0.29, 0.717) is 0 Å². The molecule has 0 aromatic heterocycles. The summed E-state index contributed by atoms with van der Waals surface area (Å²) in [5.74, 6) is -2.44. The third-order valence-electron chi connectivity index (χ3n) is 1.78. The van der Waals surface area contributed by atoms with E-state index in [1.165, 1.54) is 0 Å². The lowest BCUT2D eigenvalue weighted by Gasteiger charge is -2.32. The lowest BCUT2D eigenvalue weighted by molar-refractivity contribution is -0.0508. The van der Waals surface area contributed by atoms with Crippen LogP contribution in [0.15, 0.2) is 0 Å². The molecule has 2 atom stereocenters. The van der Waals surface area contributed by atoms with Gasteiger partial charge in [0.25, 0.3) is 5.92 Å². The van der Waals surface area contributed by atoms with Crippen LogP contribution in [-0.4, -0.2) is 18.0 Å². The summed E-state index contributed by atoms with van der Waals surface area (Å²) in [7, 11) is 0. The van der Waals surface area contributed by atoms with E-state index in [4.69, 9.17) is 0 Å². The molecule has 0 bridgehead atoms. The summed E-state index contributed by atoms with van der Waals surface area (Å²) in [6.07, 6.45) is -0.0331. The van der Waals surface area contributed by atoms with Crippen molar-refractivity contribution < 1.29 is 8.78 Å². The Morgan fingerprint density at radius 1 is 1.20 bits per heavy atom. The molecule has 1 heterocycles. The van der Waals surface area contributed by atoms with E-state index in [2.05, 4.69) is 5.32 Å². The van der Waals surface area contributed by atoms with Gasteiger partial charge in [0, 0.05) is 24.9 Å². The van der Waals surface area contributed by atoms with Gasteiger partial charge in [-0.2, -0.15) is 0 Å². The molecule has 1 aliphatic heterocycles. The predicted molar refractivity (Wildman–Crippen MR) is 36.2 cm³/mol. The molecule has 0 aliphatic carbocycles. The molecule has 0 unspecified atom stereocenters. The first-order valence-electron chi connectivity index (χ1n) is 3.63. The first kappa shape index (κ1) is 7.92. The van der Waals surface area contributed by atoms with Crippen molar-refractivity contribution in [3.8, 4) is 0 Å². The highest BCUT2D eigenvalue weighted by molar-refractivity contribution is 4.85. The lowest BCUT2D eigenvalue weighted by atomic mass is 9.97. The largest absolute Gasteiger partial charge is 0.311 e. The monoisotopic (exact) mass is 149 g/mol. The van der Waals surface area contributed by atoms with Crippen molar-refractivity contribution in [2.45, 2.75) is 44.7 Å². The van der Waals surface area contributed by atoms with E-state index >= 15 is 0 Å². The standard InChI is InChI=1S/C7H13F2N/c1-5-3-7(8,9)4-6(2)10-5/h5-6,10H,3-4H2,1-2H3/t5-,6+. The van der Waals surface area contributed by atoms with Crippen LogP contribution < -0.4 is 5.32 Å². The lowest BCUT2D eigenvalue weighted by Crippen LogP contribution is -2.47. The summed E-state index contributed by atoms with van der Waals surface area (Å²) in [6, 6.07) is -0.0856. The van der Waals surface area contributed by atoms with Crippen LogP contribution in [-0.2, 0) is 0 Å². The summed E-state index contributed by atoms with van der Waals surface area (Å²) in [4.78, 5) is 0. The van der Waals surface area contributed by atoms with E-state index < -0.39 is 5.92 Å². The minimum absolute atomic E-state index is 0.0165. The van der Waals surface area contributed by atoms with E-state index in [1.54, 1.807) is 13.8 Å². The van der Waals surface area contributed by atoms with Crippen LogP contribution in [0.1, 0.15) is 26.7 Å². The maximum absolute atomic E-state index is 12.7. The van der Waals surface area contributed by atoms with E-state index in [9.17, 15) is 8.78 Å². The topological polar surface area (TPSA) is 12.0 Å². The number of piperidine rings is 1. The number of hydrogen-bond donors (Lipinski definition) is 1. The average Bonchev–Trinajstić information content (AvgIpc) is 1.54. The summed E-state index contributed by atoms with van der Waals surface area (Å²) < 4.78 is 25.3. The Morgan fingerprint density at radius 3 is 1.90 bits per heavy atom. The van der Waals surface area contributed by atoms with Gasteiger partial charge in [0.2, 0.25) is 0 Å². The molecule has 1 fully saturated rings. The molecule has 1 rings (SSSR count). The molecule has 60 valence electrons. The van der Waals surface area contributed by atoms with Crippen LogP contribution in [0.4, 0.5) is 8.78 Å². The quantitative estimate of drug-likeness (QED) is 0.553. The smallest absolute Gasteiger partial charge is 0.251 e. The molecular weight excluding hydrogens is 136 g/mol. The Bertz CT molecular complexity index is 113. The highest BCUT2D eigenvalue weighted by atomic mass is 19.3. The molecule has 10 heavy (non-hydrogen) atoms. The van der Waals surface area contributed by atoms with Crippen molar-refractivity contribution in [3.05, 3.63) is 0 Å². The van der Waals surface area contributed by atoms with Crippen LogP contribution in [0.5, 0.6) is 0 Å². The number of nitrogens with one attached hydrogen (secondary N) is 1. The van der Waals surface area contributed by atoms with Crippen LogP contribution >= 0.6 is 0 Å². The first-order chi connectivity index (χ1) is 4.49. The summed E-state index contributed by atoms with van der Waals surface area (Å²) in [6.45, 7) is 3.59. The second-order valence-corrected chi connectivity index (χ2v) is 3.23. The Balaban J connectivity index is 2.51. The second-order valence-electron chi connectivity index (χ2n) is 3.23. The molecule has 0 spiro atoms. The van der Waals surface area contributed by atoms with Gasteiger partial charge in [-0.25, -0.2) is 8.78 Å². The molecule has 0 aromatic rings. The zero-order chi connectivity index (χ0) is 7.78. The van der Waals surface area contributed by atoms with Crippen molar-refractivity contribution in [3.63, 3.8) is 0 Å². The van der Waals surface area contributed by atoms with Gasteiger partial charge in [-0.1, -0.05) is 0 Å². The summed E-state index contributed by atoms with van der Waals surface area (Å²) >= 11 is 0. The highest BCUT2D eigenvalue weighted by Crippen LogP contribution is 2.29. The van der Waals surface area contributed by atoms with E-state index in [1.807, 2.05) is 0 Å². The zero-order valence-corrected chi connectivity index (χ0v) is 6.32. The number of halogens is 2. The van der Waals surface area contributed by atoms with Crippen molar-refractivity contribution in [2.75, 3.05) is 0 Å². The number of alkyl halides is 2. The van der Waals surface area contributed by atoms with Crippen molar-refractivity contribution in [2.24, 2.45) is 0 Å². The number of rotatable bonds is 0. The van der Waals surface area contributed by atoms with Gasteiger partial charge in [0.1, 0.15) is 0 Å². The second kappa shape index (κ2) is 2.46. The van der Waals surface area contributed by atoms with Crippen LogP contribution in [0, 0.1) is 0 Å². The minimum Gasteiger partial charge on any atom is -0.311 e. The minimum atomic E-state index is -2.44. The SMILES string of the molecule is C[C@@H]1CC(F)(F)C[C@H](C)N1. The van der Waals surface area contributed by atoms with Gasteiger partial charge in [-0.3, -0.25) is 0 Å². The van der Waals surface area contributed by atoms with Crippen LogP contribution in [0.2, 0.25) is 0 Å². The third kappa shape index (κ3) is 1.90. The molecule has 0 saturated carbocycles. The molecule has 0 amide bonds. The molecule has 0 aromatic carbocycles. The molecule has 1 saturated heterocycles. The fraction of sp³-hybridized carbons (Fsp3) is 1.00. The van der Waals surface area contributed by atoms with Gasteiger partial charge in [-0.05, 0) is 13.8 Å². The van der Waals surface area contributed by atoms with Gasteiger partial charge in [0.05, 0.1) is 0 Å². The normalized spacial score (nSPS) is 39.6. The van der Waals surface area contributed by atoms with Crippen molar-refractivity contribution >= 4 is 0 Å². The van der Waals surface area contributed by atoms with Gasteiger partial charge in [0.15, 0.2) is 0 Å². The third-order valence-corrected chi connectivity index (χ3v) is 1.78. The predicted octanol–water partition coefficient (Wildman–Crippen LogP) is 1.78. The van der Waals surface area contributed by atoms with E-state index in [-0.39, 0.29) is 24.9 Å². The molecular formula is C7H13F2N. The van der Waals surface area contributed by atoms with Gasteiger partial charge in [-0.15, -0.1) is 0 Å². The van der Waals surface area contributed by atoms with Gasteiger partial charge >= 0.3 is 0 Å². The van der Waals surface area contributed by atoms with E-state index in [0.717, 1.165) is 0 Å². The molecule has 1 nitrogen and oxygen atoms in total. The highest BCUT2D eigenvalue weighted by Gasteiger charge is 2.37. The molecule has 1 aliphatic rings. The zero-order valence-electron chi connectivity index (χ0n) is 6.32. The van der Waals surface area contributed by atoms with Crippen molar-refractivity contribution in [1.82, 2.24) is 5.32 Å². The first-order valence-corrected chi connectivity index (χ1v) is 3.63. The van der Waals surface area contributed by atoms with Gasteiger partial charge < -0.3 is 5.32 Å². The number of hydrogen-bond acceptors (Lipinski definition) is 1. The maximum atomic E-state index is 12.7. The van der Waals surface area contributed by atoms with Crippen LogP contribution in [0.3, 0.4) is 0 Å².